The summed E-state index contributed by atoms with van der Waals surface area (Å²) in [5, 5.41) is 0. The molecular formula is C12H19NO. The zero-order valence-electron chi connectivity index (χ0n) is 9.16. The molecule has 0 heterocycles. The van der Waals surface area contributed by atoms with Gasteiger partial charge in [0.2, 0.25) is 0 Å². The molecule has 0 spiro atoms. The van der Waals surface area contributed by atoms with Crippen molar-refractivity contribution in [1.82, 2.24) is 0 Å². The third kappa shape index (κ3) is 3.38. The molecule has 0 radical (unpaired) electrons. The van der Waals surface area contributed by atoms with Crippen molar-refractivity contribution >= 4 is 0 Å². The van der Waals surface area contributed by atoms with Crippen LogP contribution in [0.2, 0.25) is 0 Å². The Hall–Kier alpha value is -1.02. The predicted octanol–water partition coefficient (Wildman–Crippen LogP) is 2.54. The predicted molar refractivity (Wildman–Crippen MR) is 59.7 cm³/mol. The Morgan fingerprint density at radius 1 is 1.14 bits per heavy atom. The maximum absolute atomic E-state index is 5.59. The Bertz CT molecular complexity index is 264. The molecule has 0 aliphatic carbocycles. The molecule has 0 aliphatic rings. The van der Waals surface area contributed by atoms with Gasteiger partial charge < -0.3 is 10.5 Å². The second kappa shape index (κ2) is 5.01. The summed E-state index contributed by atoms with van der Waals surface area (Å²) in [7, 11) is 0. The van der Waals surface area contributed by atoms with Gasteiger partial charge in [-0.05, 0) is 30.5 Å². The normalized spacial score (nSPS) is 12.9. The largest absolute Gasteiger partial charge is 0.492 e. The highest BCUT2D eigenvalue weighted by atomic mass is 16.5. The van der Waals surface area contributed by atoms with E-state index in [9.17, 15) is 0 Å². The minimum absolute atomic E-state index is 0.0831. The summed E-state index contributed by atoms with van der Waals surface area (Å²) in [5.74, 6) is 1.46. The quantitative estimate of drug-likeness (QED) is 0.797. The molecule has 0 saturated heterocycles. The Morgan fingerprint density at radius 3 is 2.14 bits per heavy atom. The van der Waals surface area contributed by atoms with Crippen molar-refractivity contribution < 1.29 is 4.74 Å². The average molecular weight is 193 g/mol. The van der Waals surface area contributed by atoms with Crippen molar-refractivity contribution in [2.45, 2.75) is 32.7 Å². The van der Waals surface area contributed by atoms with Crippen LogP contribution in [0.4, 0.5) is 0 Å². The molecule has 1 atom stereocenters. The van der Waals surface area contributed by atoms with Crippen LogP contribution < -0.4 is 10.5 Å². The summed E-state index contributed by atoms with van der Waals surface area (Å²) >= 11 is 0. The topological polar surface area (TPSA) is 35.2 Å². The van der Waals surface area contributed by atoms with E-state index >= 15 is 0 Å². The fraction of sp³-hybridized carbons (Fsp3) is 0.500. The van der Waals surface area contributed by atoms with Crippen molar-refractivity contribution in [1.29, 1.82) is 0 Å². The van der Waals surface area contributed by atoms with E-state index in [0.717, 1.165) is 5.75 Å². The number of ether oxygens (including phenoxy) is 1. The summed E-state index contributed by atoms with van der Waals surface area (Å²) in [4.78, 5) is 0. The van der Waals surface area contributed by atoms with Crippen molar-refractivity contribution in [2.24, 2.45) is 5.73 Å². The van der Waals surface area contributed by atoms with Crippen molar-refractivity contribution in [2.75, 3.05) is 6.61 Å². The second-order valence-corrected chi connectivity index (χ2v) is 4.01. The Morgan fingerprint density at radius 2 is 1.71 bits per heavy atom. The van der Waals surface area contributed by atoms with Gasteiger partial charge in [0.25, 0.3) is 0 Å². The van der Waals surface area contributed by atoms with Gasteiger partial charge in [0.05, 0.1) is 0 Å². The highest BCUT2D eigenvalue weighted by Gasteiger charge is 2.00. The Labute approximate surface area is 86.1 Å². The van der Waals surface area contributed by atoms with Crippen LogP contribution in [0.1, 0.15) is 32.3 Å². The lowest BCUT2D eigenvalue weighted by Gasteiger charge is -2.10. The van der Waals surface area contributed by atoms with E-state index in [1.165, 1.54) is 5.56 Å². The van der Waals surface area contributed by atoms with E-state index in [2.05, 4.69) is 26.0 Å². The molecule has 0 aliphatic heterocycles. The molecule has 78 valence electrons. The summed E-state index contributed by atoms with van der Waals surface area (Å²) < 4.78 is 5.48. The number of hydrogen-bond donors (Lipinski definition) is 1. The zero-order chi connectivity index (χ0) is 10.6. The van der Waals surface area contributed by atoms with Gasteiger partial charge in [0.15, 0.2) is 0 Å². The highest BCUT2D eigenvalue weighted by Crippen LogP contribution is 2.18. The van der Waals surface area contributed by atoms with E-state index in [4.69, 9.17) is 10.5 Å². The summed E-state index contributed by atoms with van der Waals surface area (Å²) in [6.45, 7) is 6.86. The Balaban J connectivity index is 2.55. The van der Waals surface area contributed by atoms with Crippen LogP contribution in [0.3, 0.4) is 0 Å². The number of hydrogen-bond acceptors (Lipinski definition) is 2. The third-order valence-corrected chi connectivity index (χ3v) is 2.06. The number of nitrogens with two attached hydrogens (primary N) is 1. The minimum Gasteiger partial charge on any atom is -0.492 e. The van der Waals surface area contributed by atoms with Crippen LogP contribution in [0.25, 0.3) is 0 Å². The van der Waals surface area contributed by atoms with Crippen molar-refractivity contribution in [3.05, 3.63) is 29.8 Å². The Kier molecular flexibility index (Phi) is 3.96. The monoisotopic (exact) mass is 193 g/mol. The fourth-order valence-corrected chi connectivity index (χ4v) is 1.18. The van der Waals surface area contributed by atoms with Gasteiger partial charge >= 0.3 is 0 Å². The molecule has 2 N–H and O–H groups in total. The first kappa shape index (κ1) is 11.1. The zero-order valence-corrected chi connectivity index (χ0v) is 9.16. The first-order valence-electron chi connectivity index (χ1n) is 5.08. The van der Waals surface area contributed by atoms with E-state index in [1.54, 1.807) is 0 Å². The average Bonchev–Trinajstić information content (AvgIpc) is 2.15. The molecule has 0 aromatic heterocycles. The molecule has 0 bridgehead atoms. The third-order valence-electron chi connectivity index (χ3n) is 2.06. The maximum atomic E-state index is 5.59. The molecular weight excluding hydrogens is 174 g/mol. The molecule has 0 amide bonds. The molecule has 2 nitrogen and oxygen atoms in total. The number of rotatable bonds is 4. The van der Waals surface area contributed by atoms with Crippen LogP contribution in [0, 0.1) is 0 Å². The summed E-state index contributed by atoms with van der Waals surface area (Å²) in [6.07, 6.45) is 0. The standard InChI is InChI=1S/C12H19NO/c1-9(2)11-4-6-12(7-5-11)14-8-10(3)13/h4-7,9-10H,8,13H2,1-3H3. The van der Waals surface area contributed by atoms with Gasteiger partial charge in [-0.3, -0.25) is 0 Å². The lowest BCUT2D eigenvalue weighted by atomic mass is 10.0. The van der Waals surface area contributed by atoms with Gasteiger partial charge in [-0.15, -0.1) is 0 Å². The maximum Gasteiger partial charge on any atom is 0.119 e. The molecule has 0 fully saturated rings. The lowest BCUT2D eigenvalue weighted by Crippen LogP contribution is -2.23. The van der Waals surface area contributed by atoms with Crippen LogP contribution in [0.15, 0.2) is 24.3 Å². The highest BCUT2D eigenvalue weighted by molar-refractivity contribution is 5.28. The van der Waals surface area contributed by atoms with Gasteiger partial charge in [-0.1, -0.05) is 26.0 Å². The minimum atomic E-state index is 0.0831. The SMILES string of the molecule is CC(N)COc1ccc(C(C)C)cc1. The van der Waals surface area contributed by atoms with Crippen LogP contribution >= 0.6 is 0 Å². The van der Waals surface area contributed by atoms with Gasteiger partial charge in [0.1, 0.15) is 12.4 Å². The van der Waals surface area contributed by atoms with Crippen LogP contribution in [-0.2, 0) is 0 Å². The van der Waals surface area contributed by atoms with Crippen LogP contribution in [0.5, 0.6) is 5.75 Å². The van der Waals surface area contributed by atoms with Gasteiger partial charge in [-0.2, -0.15) is 0 Å². The first-order valence-corrected chi connectivity index (χ1v) is 5.08. The number of benzene rings is 1. The first-order chi connectivity index (χ1) is 6.59. The second-order valence-electron chi connectivity index (χ2n) is 4.01. The lowest BCUT2D eigenvalue weighted by molar-refractivity contribution is 0.296. The molecule has 2 heteroatoms. The molecule has 0 saturated carbocycles. The van der Waals surface area contributed by atoms with E-state index in [1.807, 2.05) is 19.1 Å². The van der Waals surface area contributed by atoms with E-state index in [-0.39, 0.29) is 6.04 Å². The van der Waals surface area contributed by atoms with Gasteiger partial charge in [0, 0.05) is 6.04 Å². The molecule has 1 aromatic carbocycles. The van der Waals surface area contributed by atoms with E-state index in [0.29, 0.717) is 12.5 Å². The fourth-order valence-electron chi connectivity index (χ4n) is 1.18. The summed E-state index contributed by atoms with van der Waals surface area (Å²) in [6, 6.07) is 8.28. The van der Waals surface area contributed by atoms with E-state index < -0.39 is 0 Å². The molecule has 1 rings (SSSR count). The summed E-state index contributed by atoms with van der Waals surface area (Å²) in [5.41, 5.74) is 6.92. The smallest absolute Gasteiger partial charge is 0.119 e. The van der Waals surface area contributed by atoms with Crippen LogP contribution in [-0.4, -0.2) is 12.6 Å². The van der Waals surface area contributed by atoms with Gasteiger partial charge in [-0.25, -0.2) is 0 Å². The van der Waals surface area contributed by atoms with Crippen molar-refractivity contribution in [3.8, 4) is 5.75 Å². The van der Waals surface area contributed by atoms with Crippen molar-refractivity contribution in [3.63, 3.8) is 0 Å². The molecule has 14 heavy (non-hydrogen) atoms. The molecule has 1 aromatic rings. The molecule has 1 unspecified atom stereocenters.